The van der Waals surface area contributed by atoms with E-state index in [2.05, 4.69) is 34.3 Å². The number of aromatic nitrogens is 2. The van der Waals surface area contributed by atoms with Crippen molar-refractivity contribution in [1.29, 1.82) is 0 Å². The van der Waals surface area contributed by atoms with Crippen molar-refractivity contribution in [3.63, 3.8) is 0 Å². The lowest BCUT2D eigenvalue weighted by Crippen LogP contribution is -2.31. The average Bonchev–Trinajstić information content (AvgIpc) is 3.14. The summed E-state index contributed by atoms with van der Waals surface area (Å²) in [7, 11) is 4.27. The van der Waals surface area contributed by atoms with E-state index < -0.39 is 0 Å². The number of hydrazine groups is 1. The third-order valence-electron chi connectivity index (χ3n) is 4.04. The number of likely N-dealkylation sites (N-methyl/N-ethyl adjacent to an activating group) is 1. The molecule has 3 rings (SSSR count). The van der Waals surface area contributed by atoms with E-state index in [1.54, 1.807) is 0 Å². The molecule has 1 unspecified atom stereocenters. The zero-order valence-corrected chi connectivity index (χ0v) is 11.6. The summed E-state index contributed by atoms with van der Waals surface area (Å²) >= 11 is 0. The van der Waals surface area contributed by atoms with Crippen molar-refractivity contribution < 1.29 is 0 Å². The van der Waals surface area contributed by atoms with Crippen LogP contribution in [0.2, 0.25) is 0 Å². The molecule has 1 aromatic rings. The highest BCUT2D eigenvalue weighted by molar-refractivity contribution is 5.50. The Morgan fingerprint density at radius 1 is 1.32 bits per heavy atom. The van der Waals surface area contributed by atoms with Gasteiger partial charge in [-0.3, -0.25) is 0 Å². The van der Waals surface area contributed by atoms with Crippen LogP contribution in [0.25, 0.3) is 0 Å². The van der Waals surface area contributed by atoms with Gasteiger partial charge in [0, 0.05) is 31.1 Å². The lowest BCUT2D eigenvalue weighted by atomic mass is 10.2. The minimum absolute atomic E-state index is 0.541. The molecule has 0 amide bonds. The predicted molar refractivity (Wildman–Crippen MR) is 76.1 cm³/mol. The summed E-state index contributed by atoms with van der Waals surface area (Å²) < 4.78 is 0. The Hall–Kier alpha value is -1.40. The molecule has 6 nitrogen and oxygen atoms in total. The number of hydrogen-bond acceptors (Lipinski definition) is 6. The summed E-state index contributed by atoms with van der Waals surface area (Å²) in [4.78, 5) is 13.8. The van der Waals surface area contributed by atoms with Crippen LogP contribution in [0.1, 0.15) is 31.0 Å². The van der Waals surface area contributed by atoms with E-state index in [1.165, 1.54) is 19.3 Å². The molecule has 6 heteroatoms. The van der Waals surface area contributed by atoms with E-state index in [4.69, 9.17) is 10.8 Å². The lowest BCUT2D eigenvalue weighted by molar-refractivity contribution is 0.315. The van der Waals surface area contributed by atoms with Crippen LogP contribution in [0.4, 0.5) is 11.6 Å². The summed E-state index contributed by atoms with van der Waals surface area (Å²) in [5.41, 5.74) is 2.66. The molecule has 1 saturated carbocycles. The van der Waals surface area contributed by atoms with Crippen molar-refractivity contribution in [1.82, 2.24) is 14.9 Å². The maximum atomic E-state index is 5.52. The maximum Gasteiger partial charge on any atom is 0.145 e. The third kappa shape index (κ3) is 2.64. The standard InChI is InChI=1S/C13H22N6/c1-18(2)10-5-6-19(8-10)12-7-11(17-14)15-13(16-12)9-3-4-9/h7,9-10H,3-6,8,14H2,1-2H3,(H,15,16,17). The van der Waals surface area contributed by atoms with Crippen molar-refractivity contribution in [3.05, 3.63) is 11.9 Å². The fraction of sp³-hybridized carbons (Fsp3) is 0.692. The Balaban J connectivity index is 1.82. The first-order chi connectivity index (χ1) is 9.17. The van der Waals surface area contributed by atoms with Crippen LogP contribution in [0.5, 0.6) is 0 Å². The minimum Gasteiger partial charge on any atom is -0.355 e. The Morgan fingerprint density at radius 2 is 2.11 bits per heavy atom. The molecule has 1 aliphatic heterocycles. The number of nitrogens with zero attached hydrogens (tertiary/aromatic N) is 4. The van der Waals surface area contributed by atoms with E-state index in [1.807, 2.05) is 6.07 Å². The van der Waals surface area contributed by atoms with Gasteiger partial charge in [-0.2, -0.15) is 0 Å². The predicted octanol–water partition coefficient (Wildman–Crippen LogP) is 0.780. The van der Waals surface area contributed by atoms with Crippen LogP contribution in [-0.2, 0) is 0 Å². The van der Waals surface area contributed by atoms with Crippen molar-refractivity contribution in [2.45, 2.75) is 31.2 Å². The zero-order valence-electron chi connectivity index (χ0n) is 11.6. The Morgan fingerprint density at radius 3 is 2.68 bits per heavy atom. The molecule has 1 aliphatic carbocycles. The number of nitrogens with two attached hydrogens (primary N) is 1. The van der Waals surface area contributed by atoms with Crippen LogP contribution in [-0.4, -0.2) is 48.1 Å². The van der Waals surface area contributed by atoms with Gasteiger partial charge < -0.3 is 15.2 Å². The molecular formula is C13H22N6. The summed E-state index contributed by atoms with van der Waals surface area (Å²) in [5.74, 6) is 8.73. The largest absolute Gasteiger partial charge is 0.355 e. The zero-order chi connectivity index (χ0) is 13.4. The van der Waals surface area contributed by atoms with Gasteiger partial charge in [0.15, 0.2) is 0 Å². The van der Waals surface area contributed by atoms with Crippen molar-refractivity contribution in [2.75, 3.05) is 37.5 Å². The molecule has 0 radical (unpaired) electrons. The monoisotopic (exact) mass is 262 g/mol. The van der Waals surface area contributed by atoms with Gasteiger partial charge >= 0.3 is 0 Å². The molecule has 1 aromatic heterocycles. The van der Waals surface area contributed by atoms with Crippen LogP contribution in [0.15, 0.2) is 6.07 Å². The Bertz CT molecular complexity index is 456. The SMILES string of the molecule is CN(C)C1CCN(c2cc(NN)nc(C3CC3)n2)C1. The van der Waals surface area contributed by atoms with E-state index >= 15 is 0 Å². The van der Waals surface area contributed by atoms with Gasteiger partial charge in [-0.1, -0.05) is 0 Å². The highest BCUT2D eigenvalue weighted by Crippen LogP contribution is 2.39. The van der Waals surface area contributed by atoms with Gasteiger partial charge in [-0.25, -0.2) is 15.8 Å². The van der Waals surface area contributed by atoms with Gasteiger partial charge in [0.05, 0.1) is 0 Å². The highest BCUT2D eigenvalue weighted by Gasteiger charge is 2.30. The topological polar surface area (TPSA) is 70.3 Å². The molecule has 2 fully saturated rings. The van der Waals surface area contributed by atoms with Crippen LogP contribution in [0, 0.1) is 0 Å². The smallest absolute Gasteiger partial charge is 0.145 e. The van der Waals surface area contributed by atoms with Crippen molar-refractivity contribution >= 4 is 11.6 Å². The fourth-order valence-electron chi connectivity index (χ4n) is 2.58. The van der Waals surface area contributed by atoms with Gasteiger partial charge in [-0.05, 0) is 33.4 Å². The molecule has 0 spiro atoms. The summed E-state index contributed by atoms with van der Waals surface area (Å²) in [6, 6.07) is 2.55. The van der Waals surface area contributed by atoms with Gasteiger partial charge in [0.1, 0.15) is 17.5 Å². The van der Waals surface area contributed by atoms with E-state index in [0.29, 0.717) is 12.0 Å². The Kier molecular flexibility index (Phi) is 3.28. The third-order valence-corrected chi connectivity index (χ3v) is 4.04. The quantitative estimate of drug-likeness (QED) is 0.617. The summed E-state index contributed by atoms with van der Waals surface area (Å²) in [6.45, 7) is 2.08. The second-order valence-electron chi connectivity index (χ2n) is 5.74. The lowest BCUT2D eigenvalue weighted by Gasteiger charge is -2.21. The summed E-state index contributed by atoms with van der Waals surface area (Å²) in [5, 5.41) is 0. The first-order valence-electron chi connectivity index (χ1n) is 6.94. The number of anilines is 2. The second kappa shape index (κ2) is 4.94. The summed E-state index contributed by atoms with van der Waals surface area (Å²) in [6.07, 6.45) is 3.59. The molecule has 104 valence electrons. The van der Waals surface area contributed by atoms with E-state index in [-0.39, 0.29) is 0 Å². The average molecular weight is 262 g/mol. The Labute approximate surface area is 114 Å². The molecule has 3 N–H and O–H groups in total. The molecule has 1 saturated heterocycles. The van der Waals surface area contributed by atoms with E-state index in [9.17, 15) is 0 Å². The van der Waals surface area contributed by atoms with Crippen LogP contribution in [0.3, 0.4) is 0 Å². The number of rotatable bonds is 4. The van der Waals surface area contributed by atoms with Gasteiger partial charge in [0.2, 0.25) is 0 Å². The normalized spacial score (nSPS) is 23.2. The van der Waals surface area contributed by atoms with Gasteiger partial charge in [0.25, 0.3) is 0 Å². The highest BCUT2D eigenvalue weighted by atomic mass is 15.3. The number of nitrogen functional groups attached to an aromatic ring is 1. The van der Waals surface area contributed by atoms with Crippen molar-refractivity contribution in [3.8, 4) is 0 Å². The molecule has 19 heavy (non-hydrogen) atoms. The number of hydrogen-bond donors (Lipinski definition) is 2. The first-order valence-corrected chi connectivity index (χ1v) is 6.94. The first kappa shape index (κ1) is 12.6. The molecular weight excluding hydrogens is 240 g/mol. The second-order valence-corrected chi connectivity index (χ2v) is 5.74. The molecule has 0 bridgehead atoms. The molecule has 2 heterocycles. The molecule has 0 aromatic carbocycles. The van der Waals surface area contributed by atoms with Crippen LogP contribution < -0.4 is 16.2 Å². The minimum atomic E-state index is 0.541. The molecule has 1 atom stereocenters. The van der Waals surface area contributed by atoms with Crippen LogP contribution >= 0.6 is 0 Å². The van der Waals surface area contributed by atoms with Crippen molar-refractivity contribution in [2.24, 2.45) is 5.84 Å². The maximum absolute atomic E-state index is 5.52. The van der Waals surface area contributed by atoms with E-state index in [0.717, 1.165) is 30.5 Å². The molecule has 2 aliphatic rings. The van der Waals surface area contributed by atoms with Gasteiger partial charge in [-0.15, -0.1) is 0 Å². The fourth-order valence-corrected chi connectivity index (χ4v) is 2.58. The number of nitrogens with one attached hydrogen (secondary N) is 1.